The number of anilines is 1. The first-order valence-corrected chi connectivity index (χ1v) is 8.99. The van der Waals surface area contributed by atoms with Gasteiger partial charge in [-0.3, -0.25) is 10.1 Å². The van der Waals surface area contributed by atoms with E-state index in [9.17, 15) is 31.5 Å². The Kier molecular flexibility index (Phi) is 6.58. The molecule has 2 N–H and O–H groups in total. The highest BCUT2D eigenvalue weighted by atomic mass is 35.5. The molecule has 12 heteroatoms. The number of nitrogens with one attached hydrogen (secondary N) is 2. The van der Waals surface area contributed by atoms with Gasteiger partial charge in [0.2, 0.25) is 5.88 Å². The number of amides is 3. The summed E-state index contributed by atoms with van der Waals surface area (Å²) in [5, 5.41) is 3.63. The molecule has 3 rings (SSSR count). The van der Waals surface area contributed by atoms with Gasteiger partial charge in [0.25, 0.3) is 5.91 Å². The summed E-state index contributed by atoms with van der Waals surface area (Å²) < 4.78 is 70.7. The zero-order valence-corrected chi connectivity index (χ0v) is 16.4. The molecule has 1 aromatic heterocycles. The van der Waals surface area contributed by atoms with Crippen molar-refractivity contribution in [3.8, 4) is 11.6 Å². The fourth-order valence-electron chi connectivity index (χ4n) is 2.45. The van der Waals surface area contributed by atoms with E-state index in [4.69, 9.17) is 16.3 Å². The molecule has 0 saturated carbocycles. The molecule has 1 heterocycles. The normalized spacial score (nSPS) is 11.1. The molecule has 166 valence electrons. The third-order valence-electron chi connectivity index (χ3n) is 3.86. The monoisotopic (exact) mass is 471 g/mol. The maximum absolute atomic E-state index is 13.6. The number of rotatable bonds is 4. The molecular weight excluding hydrogens is 461 g/mol. The number of urea groups is 1. The van der Waals surface area contributed by atoms with Crippen molar-refractivity contribution in [3.63, 3.8) is 0 Å². The second-order valence-corrected chi connectivity index (χ2v) is 6.55. The van der Waals surface area contributed by atoms with Gasteiger partial charge in [0.15, 0.2) is 0 Å². The summed E-state index contributed by atoms with van der Waals surface area (Å²) in [6.45, 7) is 0. The Morgan fingerprint density at radius 1 is 1.00 bits per heavy atom. The van der Waals surface area contributed by atoms with E-state index in [2.05, 4.69) is 10.3 Å². The van der Waals surface area contributed by atoms with Crippen LogP contribution in [0.2, 0.25) is 5.02 Å². The van der Waals surface area contributed by atoms with Crippen LogP contribution in [0, 0.1) is 11.6 Å². The average Bonchev–Trinajstić information content (AvgIpc) is 2.68. The summed E-state index contributed by atoms with van der Waals surface area (Å²) >= 11 is 5.78. The molecule has 3 amide bonds. The highest BCUT2D eigenvalue weighted by Crippen LogP contribution is 2.35. The summed E-state index contributed by atoms with van der Waals surface area (Å²) in [4.78, 5) is 27.5. The molecule has 3 aromatic rings. The lowest BCUT2D eigenvalue weighted by Gasteiger charge is -2.11. The largest absolute Gasteiger partial charge is 0.437 e. The van der Waals surface area contributed by atoms with Crippen LogP contribution in [0.25, 0.3) is 0 Å². The van der Waals surface area contributed by atoms with Crippen molar-refractivity contribution in [2.45, 2.75) is 6.18 Å². The van der Waals surface area contributed by atoms with Crippen LogP contribution in [0.15, 0.2) is 54.7 Å². The average molecular weight is 472 g/mol. The number of carbonyl (C=O) groups excluding carboxylic acids is 2. The summed E-state index contributed by atoms with van der Waals surface area (Å²) in [6, 6.07) is 7.79. The van der Waals surface area contributed by atoms with E-state index in [0.29, 0.717) is 12.3 Å². The smallest absolute Gasteiger partial charge is 0.417 e. The van der Waals surface area contributed by atoms with E-state index >= 15 is 0 Å². The first-order chi connectivity index (χ1) is 15.0. The van der Waals surface area contributed by atoms with Crippen LogP contribution in [-0.4, -0.2) is 16.9 Å². The van der Waals surface area contributed by atoms with E-state index in [1.807, 2.05) is 0 Å². The molecule has 0 fully saturated rings. The second kappa shape index (κ2) is 9.18. The summed E-state index contributed by atoms with van der Waals surface area (Å²) in [5.41, 5.74) is -1.90. The van der Waals surface area contributed by atoms with Crippen LogP contribution >= 0.6 is 11.6 Å². The van der Waals surface area contributed by atoms with Gasteiger partial charge in [0, 0.05) is 18.0 Å². The van der Waals surface area contributed by atoms with E-state index in [1.165, 1.54) is 24.3 Å². The topological polar surface area (TPSA) is 80.3 Å². The number of pyridine rings is 1. The number of halogens is 6. The number of imide groups is 1. The molecule has 0 atom stereocenters. The van der Waals surface area contributed by atoms with Crippen LogP contribution in [0.1, 0.15) is 15.9 Å². The number of benzene rings is 2. The maximum Gasteiger partial charge on any atom is 0.417 e. The molecule has 0 saturated heterocycles. The molecule has 0 aliphatic rings. The Morgan fingerprint density at radius 3 is 2.28 bits per heavy atom. The van der Waals surface area contributed by atoms with Crippen molar-refractivity contribution in [2.24, 2.45) is 0 Å². The highest BCUT2D eigenvalue weighted by molar-refractivity contribution is 6.31. The molecule has 0 aliphatic heterocycles. The molecular formula is C20H11ClF5N3O3. The van der Waals surface area contributed by atoms with Crippen molar-refractivity contribution in [1.29, 1.82) is 0 Å². The third kappa shape index (κ3) is 5.49. The van der Waals surface area contributed by atoms with Crippen molar-refractivity contribution in [2.75, 3.05) is 5.32 Å². The van der Waals surface area contributed by atoms with Gasteiger partial charge in [-0.05, 0) is 30.3 Å². The van der Waals surface area contributed by atoms with Crippen molar-refractivity contribution in [1.82, 2.24) is 10.3 Å². The lowest BCUT2D eigenvalue weighted by atomic mass is 10.2. The van der Waals surface area contributed by atoms with Crippen LogP contribution in [0.3, 0.4) is 0 Å². The van der Waals surface area contributed by atoms with Gasteiger partial charge in [0.1, 0.15) is 28.0 Å². The Bertz CT molecular complexity index is 1170. The number of aromatic nitrogens is 1. The number of alkyl halides is 3. The Hall–Kier alpha value is -3.73. The molecule has 0 radical (unpaired) electrons. The molecule has 32 heavy (non-hydrogen) atoms. The molecule has 0 spiro atoms. The second-order valence-electron chi connectivity index (χ2n) is 6.14. The Morgan fingerprint density at radius 2 is 1.66 bits per heavy atom. The minimum absolute atomic E-state index is 0.0448. The molecule has 0 unspecified atom stereocenters. The van der Waals surface area contributed by atoms with E-state index in [1.54, 1.807) is 5.32 Å². The number of nitrogens with zero attached hydrogens (tertiary/aromatic N) is 1. The maximum atomic E-state index is 13.6. The van der Waals surface area contributed by atoms with Crippen LogP contribution in [0.4, 0.5) is 32.4 Å². The van der Waals surface area contributed by atoms with E-state index < -0.39 is 45.9 Å². The molecule has 0 bridgehead atoms. The predicted molar refractivity (Wildman–Crippen MR) is 104 cm³/mol. The van der Waals surface area contributed by atoms with Gasteiger partial charge >= 0.3 is 12.2 Å². The van der Waals surface area contributed by atoms with Gasteiger partial charge in [-0.15, -0.1) is 0 Å². The van der Waals surface area contributed by atoms with Crippen molar-refractivity contribution >= 4 is 29.2 Å². The number of hydrogen-bond acceptors (Lipinski definition) is 4. The molecule has 6 nitrogen and oxygen atoms in total. The summed E-state index contributed by atoms with van der Waals surface area (Å²) in [5.74, 6) is -3.86. The van der Waals surface area contributed by atoms with E-state index in [0.717, 1.165) is 18.2 Å². The van der Waals surface area contributed by atoms with Crippen molar-refractivity contribution < 1.29 is 36.3 Å². The fourth-order valence-corrected chi connectivity index (χ4v) is 2.65. The Labute approximate surface area is 182 Å². The zero-order valence-electron chi connectivity index (χ0n) is 15.6. The lowest BCUT2D eigenvalue weighted by Crippen LogP contribution is -2.35. The fraction of sp³-hybridized carbons (Fsp3) is 0.0500. The van der Waals surface area contributed by atoms with E-state index in [-0.39, 0.29) is 17.3 Å². The van der Waals surface area contributed by atoms with Gasteiger partial charge in [0.05, 0.1) is 5.56 Å². The number of ether oxygens (including phenoxy) is 1. The number of carbonyl (C=O) groups is 2. The standard InChI is InChI=1S/C20H11ClF5N3O3/c21-13-7-10(20(24,25)26)9-27-18(13)32-12-4-1-3-11(8-12)28-19(31)29-17(30)16-14(22)5-2-6-15(16)23/h1-9H,(H2,28,29,30,31). The molecule has 0 aliphatic carbocycles. The van der Waals surface area contributed by atoms with Crippen molar-refractivity contribution in [3.05, 3.63) is 82.5 Å². The van der Waals surface area contributed by atoms with Gasteiger partial charge in [-0.2, -0.15) is 13.2 Å². The predicted octanol–water partition coefficient (Wildman–Crippen LogP) is 5.79. The summed E-state index contributed by atoms with van der Waals surface area (Å²) in [7, 11) is 0. The minimum atomic E-state index is -4.63. The first kappa shape index (κ1) is 22.9. The third-order valence-corrected chi connectivity index (χ3v) is 4.13. The quantitative estimate of drug-likeness (QED) is 0.472. The minimum Gasteiger partial charge on any atom is -0.437 e. The van der Waals surface area contributed by atoms with Gasteiger partial charge < -0.3 is 10.1 Å². The van der Waals surface area contributed by atoms with Gasteiger partial charge in [-0.1, -0.05) is 23.7 Å². The Balaban J connectivity index is 1.69. The molecule has 2 aromatic carbocycles. The number of hydrogen-bond donors (Lipinski definition) is 2. The summed E-state index contributed by atoms with van der Waals surface area (Å²) in [6.07, 6.45) is -4.08. The highest BCUT2D eigenvalue weighted by Gasteiger charge is 2.31. The van der Waals surface area contributed by atoms with Crippen LogP contribution < -0.4 is 15.4 Å². The van der Waals surface area contributed by atoms with Crippen LogP contribution in [-0.2, 0) is 6.18 Å². The van der Waals surface area contributed by atoms with Crippen LogP contribution in [0.5, 0.6) is 11.6 Å². The first-order valence-electron chi connectivity index (χ1n) is 8.61. The zero-order chi connectivity index (χ0) is 23.5. The van der Waals surface area contributed by atoms with Gasteiger partial charge in [-0.25, -0.2) is 18.6 Å². The lowest BCUT2D eigenvalue weighted by molar-refractivity contribution is -0.137. The SMILES string of the molecule is O=C(NC(=O)c1c(F)cccc1F)Nc1cccc(Oc2ncc(C(F)(F)F)cc2Cl)c1.